The van der Waals surface area contributed by atoms with E-state index in [1.165, 1.54) is 14.0 Å². The Morgan fingerprint density at radius 1 is 1.39 bits per heavy atom. The third-order valence-electron chi connectivity index (χ3n) is 2.06. The van der Waals surface area contributed by atoms with Crippen molar-refractivity contribution in [3.8, 4) is 17.6 Å². The molecule has 0 aliphatic rings. The molecule has 0 spiro atoms. The second-order valence-electron chi connectivity index (χ2n) is 3.51. The van der Waals surface area contributed by atoms with Crippen LogP contribution >= 0.6 is 0 Å². The van der Waals surface area contributed by atoms with E-state index in [2.05, 4.69) is 21.9 Å². The monoisotopic (exact) mass is 253 g/mol. The van der Waals surface area contributed by atoms with Gasteiger partial charge in [-0.1, -0.05) is 11.8 Å². The van der Waals surface area contributed by atoms with Crippen molar-refractivity contribution in [2.75, 3.05) is 13.7 Å². The fourth-order valence-electron chi connectivity index (χ4n) is 1.29. The third-order valence-corrected chi connectivity index (χ3v) is 2.06. The van der Waals surface area contributed by atoms with Gasteiger partial charge in [-0.15, -0.1) is 0 Å². The van der Waals surface area contributed by atoms with Gasteiger partial charge in [0.1, 0.15) is 0 Å². The smallest absolute Gasteiger partial charge is 0.216 e. The van der Waals surface area contributed by atoms with Crippen LogP contribution in [-0.2, 0) is 4.79 Å². The number of carbonyl (C=O) groups is 1. The molecule has 3 nitrogen and oxygen atoms in total. The maximum absolute atomic E-state index is 13.3. The minimum absolute atomic E-state index is 0.140. The second-order valence-corrected chi connectivity index (χ2v) is 3.51. The maximum Gasteiger partial charge on any atom is 0.216 e. The molecule has 0 unspecified atom stereocenters. The Bertz CT molecular complexity index is 480. The van der Waals surface area contributed by atoms with Crippen LogP contribution < -0.4 is 10.1 Å². The highest BCUT2D eigenvalue weighted by Gasteiger charge is 2.10. The fraction of sp³-hybridized carbons (Fsp3) is 0.308. The number of halogens is 2. The molecule has 0 atom stereocenters. The van der Waals surface area contributed by atoms with Crippen LogP contribution in [0.3, 0.4) is 0 Å². The lowest BCUT2D eigenvalue weighted by Crippen LogP contribution is -2.20. The zero-order chi connectivity index (χ0) is 13.5. The van der Waals surface area contributed by atoms with E-state index in [0.29, 0.717) is 13.0 Å². The molecule has 0 heterocycles. The van der Waals surface area contributed by atoms with Gasteiger partial charge in [0.15, 0.2) is 17.4 Å². The SMILES string of the molecule is COc1c(F)cc(C#CCCNC(C)=O)cc1F. The summed E-state index contributed by atoms with van der Waals surface area (Å²) in [6.45, 7) is 1.81. The van der Waals surface area contributed by atoms with Gasteiger partial charge in [0, 0.05) is 25.5 Å². The van der Waals surface area contributed by atoms with Gasteiger partial charge < -0.3 is 10.1 Å². The molecule has 18 heavy (non-hydrogen) atoms. The Labute approximate surface area is 104 Å². The van der Waals surface area contributed by atoms with Gasteiger partial charge in [-0.2, -0.15) is 0 Å². The maximum atomic E-state index is 13.3. The topological polar surface area (TPSA) is 38.3 Å². The zero-order valence-electron chi connectivity index (χ0n) is 10.1. The molecule has 0 saturated heterocycles. The Morgan fingerprint density at radius 3 is 2.50 bits per heavy atom. The highest BCUT2D eigenvalue weighted by Crippen LogP contribution is 2.22. The first kappa shape index (κ1) is 14.0. The summed E-state index contributed by atoms with van der Waals surface area (Å²) >= 11 is 0. The number of rotatable bonds is 3. The van der Waals surface area contributed by atoms with Crippen LogP contribution in [0.1, 0.15) is 18.9 Å². The summed E-state index contributed by atoms with van der Waals surface area (Å²) in [7, 11) is 1.19. The van der Waals surface area contributed by atoms with Gasteiger partial charge in [0.2, 0.25) is 5.91 Å². The normalized spacial score (nSPS) is 9.33. The summed E-state index contributed by atoms with van der Waals surface area (Å²) < 4.78 is 31.2. The number of methoxy groups -OCH3 is 1. The van der Waals surface area contributed by atoms with E-state index < -0.39 is 17.4 Å². The Morgan fingerprint density at radius 2 is 2.00 bits per heavy atom. The number of amides is 1. The lowest BCUT2D eigenvalue weighted by Gasteiger charge is -2.03. The summed E-state index contributed by atoms with van der Waals surface area (Å²) in [6, 6.07) is 2.21. The van der Waals surface area contributed by atoms with Gasteiger partial charge in [0.05, 0.1) is 7.11 Å². The van der Waals surface area contributed by atoms with E-state index in [0.717, 1.165) is 12.1 Å². The third kappa shape index (κ3) is 4.06. The first-order valence-electron chi connectivity index (χ1n) is 5.31. The molecule has 96 valence electrons. The highest BCUT2D eigenvalue weighted by molar-refractivity contribution is 5.72. The van der Waals surface area contributed by atoms with E-state index in [9.17, 15) is 13.6 Å². The van der Waals surface area contributed by atoms with Gasteiger partial charge >= 0.3 is 0 Å². The van der Waals surface area contributed by atoms with Crippen molar-refractivity contribution in [3.05, 3.63) is 29.3 Å². The van der Waals surface area contributed by atoms with E-state index >= 15 is 0 Å². The van der Waals surface area contributed by atoms with E-state index in [4.69, 9.17) is 0 Å². The van der Waals surface area contributed by atoms with Gasteiger partial charge in [-0.25, -0.2) is 8.78 Å². The fourth-order valence-corrected chi connectivity index (χ4v) is 1.29. The molecule has 0 radical (unpaired) electrons. The predicted molar refractivity (Wildman–Crippen MR) is 63.1 cm³/mol. The van der Waals surface area contributed by atoms with Crippen molar-refractivity contribution in [2.24, 2.45) is 0 Å². The molecule has 5 heteroatoms. The molecule has 0 aromatic heterocycles. The van der Waals surface area contributed by atoms with E-state index in [-0.39, 0.29) is 11.5 Å². The molecule has 1 aromatic carbocycles. The van der Waals surface area contributed by atoms with Crippen molar-refractivity contribution in [2.45, 2.75) is 13.3 Å². The molecule has 0 saturated carbocycles. The van der Waals surface area contributed by atoms with E-state index in [1.807, 2.05) is 0 Å². The minimum Gasteiger partial charge on any atom is -0.491 e. The van der Waals surface area contributed by atoms with Gasteiger partial charge in [-0.05, 0) is 12.1 Å². The number of hydrogen-bond donors (Lipinski definition) is 1. The molecule has 1 amide bonds. The average Bonchev–Trinajstić information content (AvgIpc) is 2.27. The standard InChI is InChI=1S/C13H13F2NO2/c1-9(17)16-6-4-3-5-10-7-11(14)13(18-2)12(15)8-10/h7-8H,4,6H2,1-2H3,(H,16,17). The summed E-state index contributed by atoms with van der Waals surface area (Å²) in [4.78, 5) is 10.6. The van der Waals surface area contributed by atoms with Crippen molar-refractivity contribution in [1.29, 1.82) is 0 Å². The van der Waals surface area contributed by atoms with Gasteiger partial charge in [-0.3, -0.25) is 4.79 Å². The average molecular weight is 253 g/mol. The van der Waals surface area contributed by atoms with Crippen LogP contribution in [0.15, 0.2) is 12.1 Å². The number of ether oxygens (including phenoxy) is 1. The molecule has 0 aliphatic carbocycles. The van der Waals surface area contributed by atoms with Crippen molar-refractivity contribution in [3.63, 3.8) is 0 Å². The Kier molecular flexibility index (Phi) is 5.12. The highest BCUT2D eigenvalue weighted by atomic mass is 19.1. The van der Waals surface area contributed by atoms with Crippen LogP contribution in [0.4, 0.5) is 8.78 Å². The van der Waals surface area contributed by atoms with Crippen LogP contribution in [-0.4, -0.2) is 19.6 Å². The number of nitrogens with one attached hydrogen (secondary N) is 1. The number of hydrogen-bond acceptors (Lipinski definition) is 2. The molecule has 0 aliphatic heterocycles. The van der Waals surface area contributed by atoms with Crippen LogP contribution in [0, 0.1) is 23.5 Å². The Hall–Kier alpha value is -2.09. The molecule has 1 aromatic rings. The minimum atomic E-state index is -0.788. The largest absolute Gasteiger partial charge is 0.491 e. The molecular weight excluding hydrogens is 240 g/mol. The van der Waals surface area contributed by atoms with Crippen LogP contribution in [0.25, 0.3) is 0 Å². The first-order valence-corrected chi connectivity index (χ1v) is 5.31. The van der Waals surface area contributed by atoms with Crippen molar-refractivity contribution in [1.82, 2.24) is 5.32 Å². The Balaban J connectivity index is 2.69. The lowest BCUT2D eigenvalue weighted by molar-refractivity contribution is -0.118. The van der Waals surface area contributed by atoms with E-state index in [1.54, 1.807) is 0 Å². The molecular formula is C13H13F2NO2. The van der Waals surface area contributed by atoms with Crippen molar-refractivity contribution >= 4 is 5.91 Å². The van der Waals surface area contributed by atoms with Gasteiger partial charge in [0.25, 0.3) is 0 Å². The number of carbonyl (C=O) groups excluding carboxylic acids is 1. The van der Waals surface area contributed by atoms with Crippen molar-refractivity contribution < 1.29 is 18.3 Å². The lowest BCUT2D eigenvalue weighted by atomic mass is 10.2. The molecule has 1 N–H and O–H groups in total. The predicted octanol–water partition coefficient (Wildman–Crippen LogP) is 1.85. The summed E-state index contributed by atoms with van der Waals surface area (Å²) in [5.74, 6) is 3.19. The van der Waals surface area contributed by atoms with Crippen LogP contribution in [0.2, 0.25) is 0 Å². The summed E-state index contributed by atoms with van der Waals surface area (Å²) in [6.07, 6.45) is 0.412. The summed E-state index contributed by atoms with van der Waals surface area (Å²) in [5, 5.41) is 2.56. The first-order chi connectivity index (χ1) is 8.54. The van der Waals surface area contributed by atoms with Crippen LogP contribution in [0.5, 0.6) is 5.75 Å². The second kappa shape index (κ2) is 6.60. The molecule has 0 bridgehead atoms. The quantitative estimate of drug-likeness (QED) is 0.659. The number of benzene rings is 1. The zero-order valence-corrected chi connectivity index (χ0v) is 10.1. The summed E-state index contributed by atoms with van der Waals surface area (Å²) in [5.41, 5.74) is 0.230. The molecule has 0 fully saturated rings. The molecule has 1 rings (SSSR count).